The zero-order chi connectivity index (χ0) is 17.5. The van der Waals surface area contributed by atoms with Crippen LogP contribution in [0.15, 0.2) is 24.3 Å². The summed E-state index contributed by atoms with van der Waals surface area (Å²) in [5.74, 6) is -0.652. The number of rotatable bonds is 7. The molecule has 0 saturated heterocycles. The summed E-state index contributed by atoms with van der Waals surface area (Å²) in [4.78, 5) is 23.4. The lowest BCUT2D eigenvalue weighted by atomic mass is 9.90. The molecule has 0 aliphatic heterocycles. The standard InChI is InChI=1S/C17H22N2O4/c1-12(2)17(4,11-18)19-15(20)9-23-16(21)10-22-14-8-6-5-7-13(14)3/h5-8,12H,9-10H2,1-4H3,(H,19,20)/t17-/m0/s1. The van der Waals surface area contributed by atoms with Crippen molar-refractivity contribution in [3.05, 3.63) is 29.8 Å². The molecule has 6 heteroatoms. The van der Waals surface area contributed by atoms with Crippen LogP contribution in [0.5, 0.6) is 5.75 Å². The van der Waals surface area contributed by atoms with Crippen LogP contribution in [0.25, 0.3) is 0 Å². The molecule has 0 spiro atoms. The Morgan fingerprint density at radius 2 is 1.96 bits per heavy atom. The molecule has 1 aromatic rings. The maximum absolute atomic E-state index is 11.8. The van der Waals surface area contributed by atoms with Gasteiger partial charge in [0.25, 0.3) is 5.91 Å². The van der Waals surface area contributed by atoms with Gasteiger partial charge in [0.15, 0.2) is 13.2 Å². The third-order valence-electron chi connectivity index (χ3n) is 3.59. The fourth-order valence-corrected chi connectivity index (χ4v) is 1.67. The van der Waals surface area contributed by atoms with E-state index in [-0.39, 0.29) is 12.5 Å². The number of hydrogen-bond acceptors (Lipinski definition) is 5. The molecule has 0 saturated carbocycles. The Morgan fingerprint density at radius 1 is 1.30 bits per heavy atom. The topological polar surface area (TPSA) is 88.4 Å². The molecular weight excluding hydrogens is 296 g/mol. The minimum atomic E-state index is -0.999. The van der Waals surface area contributed by atoms with E-state index in [1.165, 1.54) is 0 Å². The lowest BCUT2D eigenvalue weighted by molar-refractivity contribution is -0.150. The van der Waals surface area contributed by atoms with Crippen LogP contribution in [0.4, 0.5) is 0 Å². The molecule has 0 aliphatic carbocycles. The van der Waals surface area contributed by atoms with Crippen molar-refractivity contribution in [2.75, 3.05) is 13.2 Å². The molecule has 124 valence electrons. The third kappa shape index (κ3) is 5.62. The quantitative estimate of drug-likeness (QED) is 0.777. The van der Waals surface area contributed by atoms with Crippen LogP contribution < -0.4 is 10.1 Å². The molecule has 1 atom stereocenters. The SMILES string of the molecule is Cc1ccccc1OCC(=O)OCC(=O)N[C@@](C)(C#N)C(C)C. The smallest absolute Gasteiger partial charge is 0.344 e. The van der Waals surface area contributed by atoms with Gasteiger partial charge in [0.2, 0.25) is 0 Å². The molecule has 6 nitrogen and oxygen atoms in total. The Bertz CT molecular complexity index is 607. The van der Waals surface area contributed by atoms with Gasteiger partial charge in [0.05, 0.1) is 6.07 Å². The number of amides is 1. The Balaban J connectivity index is 2.40. The number of esters is 1. The lowest BCUT2D eigenvalue weighted by Gasteiger charge is -2.27. The zero-order valence-corrected chi connectivity index (χ0v) is 13.9. The maximum atomic E-state index is 11.8. The molecule has 1 rings (SSSR count). The van der Waals surface area contributed by atoms with Gasteiger partial charge in [-0.25, -0.2) is 4.79 Å². The van der Waals surface area contributed by atoms with E-state index in [9.17, 15) is 9.59 Å². The molecule has 0 unspecified atom stereocenters. The van der Waals surface area contributed by atoms with Crippen LogP contribution in [0.2, 0.25) is 0 Å². The fraction of sp³-hybridized carbons (Fsp3) is 0.471. The molecule has 1 N–H and O–H groups in total. The van der Waals surface area contributed by atoms with Gasteiger partial charge in [0.1, 0.15) is 11.3 Å². The molecular formula is C17H22N2O4. The summed E-state index contributed by atoms with van der Waals surface area (Å²) in [5.41, 5.74) is -0.0963. The van der Waals surface area contributed by atoms with E-state index in [1.54, 1.807) is 19.1 Å². The zero-order valence-electron chi connectivity index (χ0n) is 13.9. The largest absolute Gasteiger partial charge is 0.482 e. The van der Waals surface area contributed by atoms with Crippen molar-refractivity contribution in [2.24, 2.45) is 5.92 Å². The highest BCUT2D eigenvalue weighted by Crippen LogP contribution is 2.16. The van der Waals surface area contributed by atoms with Crippen molar-refractivity contribution < 1.29 is 19.1 Å². The van der Waals surface area contributed by atoms with Gasteiger partial charge in [-0.05, 0) is 31.4 Å². The van der Waals surface area contributed by atoms with Crippen LogP contribution in [0.1, 0.15) is 26.3 Å². The highest BCUT2D eigenvalue weighted by Gasteiger charge is 2.30. The first-order valence-electron chi connectivity index (χ1n) is 7.35. The van der Waals surface area contributed by atoms with Crippen molar-refractivity contribution in [3.63, 3.8) is 0 Å². The van der Waals surface area contributed by atoms with E-state index < -0.39 is 24.0 Å². The van der Waals surface area contributed by atoms with Crippen LogP contribution in [-0.2, 0) is 14.3 Å². The van der Waals surface area contributed by atoms with Crippen LogP contribution in [0.3, 0.4) is 0 Å². The fourth-order valence-electron chi connectivity index (χ4n) is 1.67. The number of nitrogens with one attached hydrogen (secondary N) is 1. The van der Waals surface area contributed by atoms with Gasteiger partial charge in [-0.15, -0.1) is 0 Å². The molecule has 0 aromatic heterocycles. The van der Waals surface area contributed by atoms with Crippen LogP contribution >= 0.6 is 0 Å². The van der Waals surface area contributed by atoms with Crippen molar-refractivity contribution in [1.29, 1.82) is 5.26 Å². The van der Waals surface area contributed by atoms with Crippen molar-refractivity contribution in [3.8, 4) is 11.8 Å². The number of benzene rings is 1. The summed E-state index contributed by atoms with van der Waals surface area (Å²) in [6.45, 7) is 6.41. The molecule has 1 amide bonds. The molecule has 1 aromatic carbocycles. The highest BCUT2D eigenvalue weighted by atomic mass is 16.6. The average Bonchev–Trinajstić information content (AvgIpc) is 2.51. The number of carbonyl (C=O) groups is 2. The molecule has 0 heterocycles. The number of hydrogen-bond donors (Lipinski definition) is 1. The van der Waals surface area contributed by atoms with Gasteiger partial charge >= 0.3 is 5.97 Å². The van der Waals surface area contributed by atoms with Gasteiger partial charge in [-0.3, -0.25) is 4.79 Å². The molecule has 0 bridgehead atoms. The number of nitrogens with zero attached hydrogens (tertiary/aromatic N) is 1. The monoisotopic (exact) mass is 318 g/mol. The molecule has 0 fully saturated rings. The molecule has 0 aliphatic rings. The predicted molar refractivity (Wildman–Crippen MR) is 84.6 cm³/mol. The van der Waals surface area contributed by atoms with Crippen molar-refractivity contribution in [2.45, 2.75) is 33.2 Å². The summed E-state index contributed by atoms with van der Waals surface area (Å²) in [6.07, 6.45) is 0. The number of aryl methyl sites for hydroxylation is 1. The van der Waals surface area contributed by atoms with E-state index in [0.29, 0.717) is 5.75 Å². The van der Waals surface area contributed by atoms with Gasteiger partial charge in [-0.2, -0.15) is 5.26 Å². The molecule has 23 heavy (non-hydrogen) atoms. The van der Waals surface area contributed by atoms with Crippen molar-refractivity contribution in [1.82, 2.24) is 5.32 Å². The molecule has 0 radical (unpaired) electrons. The first-order chi connectivity index (χ1) is 10.8. The van der Waals surface area contributed by atoms with E-state index in [4.69, 9.17) is 14.7 Å². The van der Waals surface area contributed by atoms with E-state index in [2.05, 4.69) is 11.4 Å². The maximum Gasteiger partial charge on any atom is 0.344 e. The predicted octanol–water partition coefficient (Wildman–Crippen LogP) is 1.97. The second-order valence-electron chi connectivity index (χ2n) is 5.73. The van der Waals surface area contributed by atoms with E-state index >= 15 is 0 Å². The Morgan fingerprint density at radius 3 is 2.52 bits per heavy atom. The first kappa shape index (κ1) is 18.5. The van der Waals surface area contributed by atoms with Gasteiger partial charge in [0, 0.05) is 0 Å². The van der Waals surface area contributed by atoms with E-state index in [1.807, 2.05) is 32.9 Å². The number of para-hydroxylation sites is 1. The summed E-state index contributed by atoms with van der Waals surface area (Å²) < 4.78 is 10.2. The minimum absolute atomic E-state index is 0.0726. The Labute approximate surface area is 136 Å². The summed E-state index contributed by atoms with van der Waals surface area (Å²) in [5, 5.41) is 11.7. The summed E-state index contributed by atoms with van der Waals surface area (Å²) >= 11 is 0. The second kappa shape index (κ2) is 8.18. The Hall–Kier alpha value is -2.55. The number of carbonyl (C=O) groups excluding carboxylic acids is 2. The third-order valence-corrected chi connectivity index (χ3v) is 3.59. The van der Waals surface area contributed by atoms with Crippen molar-refractivity contribution >= 4 is 11.9 Å². The van der Waals surface area contributed by atoms with E-state index in [0.717, 1.165) is 5.56 Å². The lowest BCUT2D eigenvalue weighted by Crippen LogP contribution is -2.50. The normalized spacial score (nSPS) is 12.9. The second-order valence-corrected chi connectivity index (χ2v) is 5.73. The highest BCUT2D eigenvalue weighted by molar-refractivity contribution is 5.81. The summed E-state index contributed by atoms with van der Waals surface area (Å²) in [6, 6.07) is 9.33. The minimum Gasteiger partial charge on any atom is -0.482 e. The average molecular weight is 318 g/mol. The van der Waals surface area contributed by atoms with Crippen LogP contribution in [0, 0.1) is 24.2 Å². The summed E-state index contributed by atoms with van der Waals surface area (Å²) in [7, 11) is 0. The number of ether oxygens (including phenoxy) is 2. The van der Waals surface area contributed by atoms with Gasteiger partial charge in [-0.1, -0.05) is 32.0 Å². The number of nitriles is 1. The van der Waals surface area contributed by atoms with Gasteiger partial charge < -0.3 is 14.8 Å². The Kier molecular flexibility index (Phi) is 6.58. The first-order valence-corrected chi connectivity index (χ1v) is 7.35. The van der Waals surface area contributed by atoms with Crippen LogP contribution in [-0.4, -0.2) is 30.6 Å².